The highest BCUT2D eigenvalue weighted by Gasteiger charge is 2.10. The molecule has 0 saturated heterocycles. The van der Waals surface area contributed by atoms with Gasteiger partial charge in [0.1, 0.15) is 0 Å². The maximum absolute atomic E-state index is 11.6. The summed E-state index contributed by atoms with van der Waals surface area (Å²) in [6.45, 7) is 3.83. The third-order valence-corrected chi connectivity index (χ3v) is 4.15. The van der Waals surface area contributed by atoms with Gasteiger partial charge in [0.25, 0.3) is 0 Å². The minimum absolute atomic E-state index is 0.266. The van der Waals surface area contributed by atoms with Crippen LogP contribution in [-0.4, -0.2) is 15.5 Å². The summed E-state index contributed by atoms with van der Waals surface area (Å²) in [5.74, 6) is 0. The SMILES string of the molecule is [CH2]c1ccc(-c2ccc(S(=O)(=O)NC)cc2)cc1. The standard InChI is InChI=1S/C14H14NO2S/c1-11-3-5-12(6-4-11)13-7-9-14(10-8-13)18(16,17)15-2/h3-10,15H,1H2,2H3. The average Bonchev–Trinajstić information content (AvgIpc) is 2.40. The lowest BCUT2D eigenvalue weighted by Gasteiger charge is -2.05. The van der Waals surface area contributed by atoms with Crippen LogP contribution < -0.4 is 4.72 Å². The zero-order valence-electron chi connectivity index (χ0n) is 10.1. The van der Waals surface area contributed by atoms with Crippen molar-refractivity contribution in [1.29, 1.82) is 0 Å². The molecule has 0 aromatic heterocycles. The van der Waals surface area contributed by atoms with E-state index in [2.05, 4.69) is 11.6 Å². The van der Waals surface area contributed by atoms with Gasteiger partial charge in [-0.25, -0.2) is 13.1 Å². The molecule has 93 valence electrons. The van der Waals surface area contributed by atoms with E-state index in [0.29, 0.717) is 0 Å². The molecule has 0 atom stereocenters. The van der Waals surface area contributed by atoms with Gasteiger partial charge in [-0.1, -0.05) is 36.4 Å². The van der Waals surface area contributed by atoms with Crippen LogP contribution >= 0.6 is 0 Å². The number of nitrogens with one attached hydrogen (secondary N) is 1. The Balaban J connectivity index is 2.36. The van der Waals surface area contributed by atoms with Crippen LogP contribution in [0.2, 0.25) is 0 Å². The van der Waals surface area contributed by atoms with Crippen LogP contribution in [0.15, 0.2) is 53.4 Å². The lowest BCUT2D eigenvalue weighted by atomic mass is 10.0. The summed E-state index contributed by atoms with van der Waals surface area (Å²) < 4.78 is 25.4. The van der Waals surface area contributed by atoms with Crippen LogP contribution in [0.25, 0.3) is 11.1 Å². The molecule has 2 rings (SSSR count). The van der Waals surface area contributed by atoms with Crippen molar-refractivity contribution in [3.8, 4) is 11.1 Å². The van der Waals surface area contributed by atoms with Crippen molar-refractivity contribution in [2.45, 2.75) is 4.90 Å². The van der Waals surface area contributed by atoms with Crippen molar-refractivity contribution in [2.75, 3.05) is 7.05 Å². The van der Waals surface area contributed by atoms with Gasteiger partial charge in [0, 0.05) is 0 Å². The first-order valence-electron chi connectivity index (χ1n) is 5.49. The molecule has 1 N–H and O–H groups in total. The zero-order chi connectivity index (χ0) is 13.2. The van der Waals surface area contributed by atoms with E-state index in [1.54, 1.807) is 24.3 Å². The molecule has 0 aliphatic rings. The van der Waals surface area contributed by atoms with Crippen molar-refractivity contribution >= 4 is 10.0 Å². The topological polar surface area (TPSA) is 46.2 Å². The first-order chi connectivity index (χ1) is 8.53. The summed E-state index contributed by atoms with van der Waals surface area (Å²) in [5.41, 5.74) is 2.97. The summed E-state index contributed by atoms with van der Waals surface area (Å²) >= 11 is 0. The van der Waals surface area contributed by atoms with E-state index in [1.807, 2.05) is 24.3 Å². The largest absolute Gasteiger partial charge is 0.240 e. The third-order valence-electron chi connectivity index (χ3n) is 2.72. The molecule has 0 aliphatic carbocycles. The van der Waals surface area contributed by atoms with Crippen molar-refractivity contribution in [3.05, 3.63) is 61.0 Å². The van der Waals surface area contributed by atoms with Crippen molar-refractivity contribution < 1.29 is 8.42 Å². The predicted octanol–water partition coefficient (Wildman–Crippen LogP) is 2.44. The Morgan fingerprint density at radius 2 is 1.33 bits per heavy atom. The molecular formula is C14H14NO2S. The van der Waals surface area contributed by atoms with Crippen LogP contribution in [0.1, 0.15) is 5.56 Å². The van der Waals surface area contributed by atoms with Gasteiger partial charge in [-0.15, -0.1) is 0 Å². The molecule has 0 bridgehead atoms. The minimum atomic E-state index is -3.36. The van der Waals surface area contributed by atoms with Gasteiger partial charge in [-0.2, -0.15) is 0 Å². The molecule has 0 heterocycles. The Hall–Kier alpha value is -1.65. The quantitative estimate of drug-likeness (QED) is 0.921. The fraction of sp³-hybridized carbons (Fsp3) is 0.0714. The molecule has 4 heteroatoms. The van der Waals surface area contributed by atoms with Gasteiger partial charge in [-0.05, 0) is 42.8 Å². The van der Waals surface area contributed by atoms with E-state index in [-0.39, 0.29) is 4.90 Å². The number of hydrogen-bond acceptors (Lipinski definition) is 2. The second-order valence-corrected chi connectivity index (χ2v) is 5.82. The highest BCUT2D eigenvalue weighted by atomic mass is 32.2. The lowest BCUT2D eigenvalue weighted by Crippen LogP contribution is -2.18. The van der Waals surface area contributed by atoms with Gasteiger partial charge < -0.3 is 0 Å². The van der Waals surface area contributed by atoms with Crippen molar-refractivity contribution in [2.24, 2.45) is 0 Å². The third kappa shape index (κ3) is 2.60. The first-order valence-corrected chi connectivity index (χ1v) is 6.97. The number of benzene rings is 2. The Kier molecular flexibility index (Phi) is 3.50. The molecule has 0 saturated carbocycles. The zero-order valence-corrected chi connectivity index (χ0v) is 10.9. The molecule has 18 heavy (non-hydrogen) atoms. The van der Waals surface area contributed by atoms with E-state index in [9.17, 15) is 8.42 Å². The van der Waals surface area contributed by atoms with E-state index < -0.39 is 10.0 Å². The highest BCUT2D eigenvalue weighted by Crippen LogP contribution is 2.21. The van der Waals surface area contributed by atoms with Crippen LogP contribution in [-0.2, 0) is 10.0 Å². The molecule has 0 unspecified atom stereocenters. The molecule has 0 fully saturated rings. The molecule has 2 aromatic rings. The molecule has 0 amide bonds. The molecule has 3 nitrogen and oxygen atoms in total. The van der Waals surface area contributed by atoms with Crippen LogP contribution in [0.3, 0.4) is 0 Å². The Labute approximate surface area is 108 Å². The van der Waals surface area contributed by atoms with Crippen LogP contribution in [0.4, 0.5) is 0 Å². The first kappa shape index (κ1) is 12.8. The fourth-order valence-electron chi connectivity index (χ4n) is 1.64. The van der Waals surface area contributed by atoms with E-state index >= 15 is 0 Å². The summed E-state index contributed by atoms with van der Waals surface area (Å²) in [6, 6.07) is 14.6. The summed E-state index contributed by atoms with van der Waals surface area (Å²) in [6.07, 6.45) is 0. The average molecular weight is 260 g/mol. The van der Waals surface area contributed by atoms with Crippen LogP contribution in [0, 0.1) is 6.92 Å². The Morgan fingerprint density at radius 1 is 0.889 bits per heavy atom. The van der Waals surface area contributed by atoms with E-state index in [1.165, 1.54) is 7.05 Å². The monoisotopic (exact) mass is 260 g/mol. The second-order valence-electron chi connectivity index (χ2n) is 3.93. The van der Waals surface area contributed by atoms with Gasteiger partial charge in [-0.3, -0.25) is 0 Å². The van der Waals surface area contributed by atoms with Gasteiger partial charge in [0.05, 0.1) is 4.90 Å². The summed E-state index contributed by atoms with van der Waals surface area (Å²) in [5, 5.41) is 0. The predicted molar refractivity (Wildman–Crippen MR) is 72.6 cm³/mol. The number of sulfonamides is 1. The van der Waals surface area contributed by atoms with Crippen LogP contribution in [0.5, 0.6) is 0 Å². The van der Waals surface area contributed by atoms with Gasteiger partial charge in [0.15, 0.2) is 0 Å². The normalized spacial score (nSPS) is 11.4. The van der Waals surface area contributed by atoms with Gasteiger partial charge >= 0.3 is 0 Å². The van der Waals surface area contributed by atoms with E-state index in [0.717, 1.165) is 16.7 Å². The maximum Gasteiger partial charge on any atom is 0.240 e. The molecular weight excluding hydrogens is 246 g/mol. The Bertz CT molecular complexity index is 628. The summed E-state index contributed by atoms with van der Waals surface area (Å²) in [7, 11) is -1.96. The molecule has 0 aliphatic heterocycles. The smallest absolute Gasteiger partial charge is 0.214 e. The highest BCUT2D eigenvalue weighted by molar-refractivity contribution is 7.89. The molecule has 2 aromatic carbocycles. The lowest BCUT2D eigenvalue weighted by molar-refractivity contribution is 0.588. The van der Waals surface area contributed by atoms with E-state index in [4.69, 9.17) is 0 Å². The number of hydrogen-bond donors (Lipinski definition) is 1. The maximum atomic E-state index is 11.6. The molecule has 0 spiro atoms. The molecule has 1 radical (unpaired) electrons. The van der Waals surface area contributed by atoms with Crippen molar-refractivity contribution in [3.63, 3.8) is 0 Å². The fourth-order valence-corrected chi connectivity index (χ4v) is 2.37. The van der Waals surface area contributed by atoms with Gasteiger partial charge in [0.2, 0.25) is 10.0 Å². The summed E-state index contributed by atoms with van der Waals surface area (Å²) in [4.78, 5) is 0.266. The second kappa shape index (κ2) is 4.92. The minimum Gasteiger partial charge on any atom is -0.214 e. The Morgan fingerprint density at radius 3 is 1.78 bits per heavy atom. The number of rotatable bonds is 3. The van der Waals surface area contributed by atoms with Crippen molar-refractivity contribution in [1.82, 2.24) is 4.72 Å².